The fourth-order valence-electron chi connectivity index (χ4n) is 3.98. The molecule has 0 unspecified atom stereocenters. The number of aromatic amines is 1. The molecule has 1 N–H and O–H groups in total. The van der Waals surface area contributed by atoms with Gasteiger partial charge in [-0.2, -0.15) is 0 Å². The second kappa shape index (κ2) is 10.3. The monoisotopic (exact) mass is 461 g/mol. The Morgan fingerprint density at radius 2 is 2.03 bits per heavy atom. The number of benzene rings is 1. The minimum Gasteiger partial charge on any atom is -0.465 e. The Hall–Kier alpha value is -3.92. The summed E-state index contributed by atoms with van der Waals surface area (Å²) >= 11 is 0. The van der Waals surface area contributed by atoms with Gasteiger partial charge in [0.25, 0.3) is 5.56 Å². The number of hydrogen-bond acceptors (Lipinski definition) is 8. The number of rotatable bonds is 9. The highest BCUT2D eigenvalue weighted by Crippen LogP contribution is 2.20. The lowest BCUT2D eigenvalue weighted by Gasteiger charge is -2.22. The number of fused-ring (bicyclic) bond motifs is 1. The van der Waals surface area contributed by atoms with Crippen LogP contribution in [0.1, 0.15) is 35.0 Å². The lowest BCUT2D eigenvalue weighted by molar-refractivity contribution is -0.144. The van der Waals surface area contributed by atoms with Crippen molar-refractivity contribution < 1.29 is 9.53 Å². The molecule has 0 atom stereocenters. The van der Waals surface area contributed by atoms with E-state index in [1.165, 1.54) is 4.68 Å². The summed E-state index contributed by atoms with van der Waals surface area (Å²) in [6, 6.07) is 9.86. The number of nitrogens with zero attached hydrogens (tertiary/aromatic N) is 6. The average molecular weight is 462 g/mol. The quantitative estimate of drug-likeness (QED) is 0.377. The van der Waals surface area contributed by atoms with Gasteiger partial charge in [-0.15, -0.1) is 5.10 Å². The topological polar surface area (TPSA) is 119 Å². The zero-order chi connectivity index (χ0) is 24.1. The summed E-state index contributed by atoms with van der Waals surface area (Å²) < 4.78 is 6.44. The van der Waals surface area contributed by atoms with Crippen molar-refractivity contribution in [3.63, 3.8) is 0 Å². The summed E-state index contributed by atoms with van der Waals surface area (Å²) in [6.07, 6.45) is 3.50. The van der Waals surface area contributed by atoms with Crippen molar-refractivity contribution in [3.8, 4) is 0 Å². The molecule has 176 valence electrons. The SMILES string of the molecule is CCOC(=O)Cn1nnnc1CN(Cc1cccnc1)Cc1cc2c(C)cc(C)cc2[nH]c1=O. The van der Waals surface area contributed by atoms with Crippen LogP contribution in [0.15, 0.2) is 47.5 Å². The molecule has 0 saturated heterocycles. The zero-order valence-corrected chi connectivity index (χ0v) is 19.5. The zero-order valence-electron chi connectivity index (χ0n) is 19.5. The molecule has 0 aliphatic carbocycles. The van der Waals surface area contributed by atoms with Crippen molar-refractivity contribution in [2.75, 3.05) is 6.61 Å². The van der Waals surface area contributed by atoms with Crippen molar-refractivity contribution in [1.82, 2.24) is 35.1 Å². The second-order valence-electron chi connectivity index (χ2n) is 8.23. The fourth-order valence-corrected chi connectivity index (χ4v) is 3.98. The maximum atomic E-state index is 12.9. The van der Waals surface area contributed by atoms with Gasteiger partial charge in [0.1, 0.15) is 6.54 Å². The van der Waals surface area contributed by atoms with Crippen molar-refractivity contribution >= 4 is 16.9 Å². The fraction of sp³-hybridized carbons (Fsp3) is 0.333. The van der Waals surface area contributed by atoms with Gasteiger partial charge in [0.2, 0.25) is 0 Å². The minimum absolute atomic E-state index is 0.0774. The Bertz CT molecular complexity index is 1350. The van der Waals surface area contributed by atoms with E-state index in [1.54, 1.807) is 19.3 Å². The molecular weight excluding hydrogens is 434 g/mol. The van der Waals surface area contributed by atoms with Crippen LogP contribution in [-0.2, 0) is 35.7 Å². The highest BCUT2D eigenvalue weighted by Gasteiger charge is 2.18. The highest BCUT2D eigenvalue weighted by molar-refractivity contribution is 5.83. The number of nitrogens with one attached hydrogen (secondary N) is 1. The molecule has 10 nitrogen and oxygen atoms in total. The van der Waals surface area contributed by atoms with Gasteiger partial charge in [0, 0.05) is 41.9 Å². The second-order valence-corrected chi connectivity index (χ2v) is 8.23. The first kappa shape index (κ1) is 23.2. The number of carbonyl (C=O) groups is 1. The van der Waals surface area contributed by atoms with E-state index in [-0.39, 0.29) is 18.7 Å². The molecule has 0 fully saturated rings. The van der Waals surface area contributed by atoms with E-state index in [9.17, 15) is 9.59 Å². The molecule has 1 aromatic carbocycles. The average Bonchev–Trinajstić information content (AvgIpc) is 3.21. The Labute approximate surface area is 196 Å². The standard InChI is InChI=1S/C24H27N7O3/c1-4-34-23(32)15-31-22(27-28-29-31)14-30(12-18-6-5-7-25-11-18)13-19-10-20-17(3)8-16(2)9-21(20)26-24(19)33/h5-11H,4,12-15H2,1-3H3,(H,26,33). The van der Waals surface area contributed by atoms with E-state index >= 15 is 0 Å². The summed E-state index contributed by atoms with van der Waals surface area (Å²) in [5.74, 6) is 0.0903. The molecular formula is C24H27N7O3. The molecule has 3 heterocycles. The van der Waals surface area contributed by atoms with Crippen LogP contribution in [0.25, 0.3) is 10.9 Å². The minimum atomic E-state index is -0.411. The van der Waals surface area contributed by atoms with Crippen LogP contribution < -0.4 is 5.56 Å². The maximum absolute atomic E-state index is 12.9. The summed E-state index contributed by atoms with van der Waals surface area (Å²) in [7, 11) is 0. The lowest BCUT2D eigenvalue weighted by Crippen LogP contribution is -2.28. The van der Waals surface area contributed by atoms with Crippen LogP contribution in [0.5, 0.6) is 0 Å². The van der Waals surface area contributed by atoms with Gasteiger partial charge >= 0.3 is 5.97 Å². The third-order valence-electron chi connectivity index (χ3n) is 5.47. The molecule has 10 heteroatoms. The number of tetrazole rings is 1. The molecule has 0 amide bonds. The predicted octanol–water partition coefficient (Wildman–Crippen LogP) is 2.29. The van der Waals surface area contributed by atoms with E-state index < -0.39 is 5.97 Å². The number of H-pyrrole nitrogens is 1. The first-order valence-corrected chi connectivity index (χ1v) is 11.1. The van der Waals surface area contributed by atoms with E-state index in [0.717, 1.165) is 27.6 Å². The van der Waals surface area contributed by atoms with Gasteiger partial charge in [-0.3, -0.25) is 19.5 Å². The number of carbonyl (C=O) groups excluding carboxylic acids is 1. The van der Waals surface area contributed by atoms with Crippen LogP contribution in [0, 0.1) is 13.8 Å². The maximum Gasteiger partial charge on any atom is 0.327 e. The third kappa shape index (κ3) is 5.52. The van der Waals surface area contributed by atoms with Gasteiger partial charge in [0.05, 0.1) is 13.2 Å². The molecule has 0 spiro atoms. The number of pyridine rings is 2. The van der Waals surface area contributed by atoms with Gasteiger partial charge in [-0.1, -0.05) is 12.1 Å². The first-order chi connectivity index (χ1) is 16.4. The van der Waals surface area contributed by atoms with Crippen LogP contribution in [0.4, 0.5) is 0 Å². The summed E-state index contributed by atoms with van der Waals surface area (Å²) in [4.78, 5) is 34.1. The molecule has 34 heavy (non-hydrogen) atoms. The summed E-state index contributed by atoms with van der Waals surface area (Å²) in [5.41, 5.74) is 4.50. The molecule has 0 saturated carbocycles. The highest BCUT2D eigenvalue weighted by atomic mass is 16.5. The van der Waals surface area contributed by atoms with Crippen molar-refractivity contribution in [2.24, 2.45) is 0 Å². The van der Waals surface area contributed by atoms with Crippen molar-refractivity contribution in [2.45, 2.75) is 47.0 Å². The van der Waals surface area contributed by atoms with E-state index in [0.29, 0.717) is 31.0 Å². The molecule has 4 rings (SSSR count). The van der Waals surface area contributed by atoms with Crippen LogP contribution in [0.3, 0.4) is 0 Å². The molecule has 0 aliphatic rings. The summed E-state index contributed by atoms with van der Waals surface area (Å²) in [6.45, 7) is 7.20. The number of ether oxygens (including phenoxy) is 1. The predicted molar refractivity (Wildman–Crippen MR) is 126 cm³/mol. The number of aryl methyl sites for hydroxylation is 2. The Kier molecular flexibility index (Phi) is 7.07. The van der Waals surface area contributed by atoms with Gasteiger partial charge in [0.15, 0.2) is 5.82 Å². The number of aromatic nitrogens is 6. The van der Waals surface area contributed by atoms with Crippen LogP contribution in [-0.4, -0.2) is 47.7 Å². The van der Waals surface area contributed by atoms with Gasteiger partial charge < -0.3 is 9.72 Å². The Morgan fingerprint density at radius 3 is 2.79 bits per heavy atom. The number of esters is 1. The third-order valence-corrected chi connectivity index (χ3v) is 5.47. The van der Waals surface area contributed by atoms with Gasteiger partial charge in [-0.05, 0) is 66.1 Å². The Morgan fingerprint density at radius 1 is 1.18 bits per heavy atom. The Balaban J connectivity index is 1.64. The largest absolute Gasteiger partial charge is 0.465 e. The molecule has 3 aromatic heterocycles. The lowest BCUT2D eigenvalue weighted by atomic mass is 10.0. The van der Waals surface area contributed by atoms with Crippen LogP contribution >= 0.6 is 0 Å². The van der Waals surface area contributed by atoms with E-state index in [2.05, 4.69) is 31.6 Å². The summed E-state index contributed by atoms with van der Waals surface area (Å²) in [5, 5.41) is 12.8. The normalized spacial score (nSPS) is 11.3. The van der Waals surface area contributed by atoms with Crippen LogP contribution in [0.2, 0.25) is 0 Å². The van der Waals surface area contributed by atoms with Crippen molar-refractivity contribution in [1.29, 1.82) is 0 Å². The van der Waals surface area contributed by atoms with Gasteiger partial charge in [-0.25, -0.2) is 4.68 Å². The molecule has 4 aromatic rings. The number of hydrogen-bond donors (Lipinski definition) is 1. The van der Waals surface area contributed by atoms with Crippen molar-refractivity contribution in [3.05, 3.63) is 81.2 Å². The first-order valence-electron chi connectivity index (χ1n) is 11.1. The molecule has 0 bridgehead atoms. The molecule has 0 aliphatic heterocycles. The van der Waals surface area contributed by atoms with E-state index in [4.69, 9.17) is 4.74 Å². The van der Waals surface area contributed by atoms with E-state index in [1.807, 2.05) is 43.0 Å². The molecule has 0 radical (unpaired) electrons. The smallest absolute Gasteiger partial charge is 0.327 e.